The lowest BCUT2D eigenvalue weighted by Crippen LogP contribution is -2.44. The highest BCUT2D eigenvalue weighted by Gasteiger charge is 2.20. The highest BCUT2D eigenvalue weighted by atomic mass is 16.6. The Morgan fingerprint density at radius 3 is 2.52 bits per heavy atom. The number of nitrogens with zero attached hydrogens (tertiary/aromatic N) is 3. The topological polar surface area (TPSA) is 92.6 Å². The van der Waals surface area contributed by atoms with Crippen molar-refractivity contribution in [2.45, 2.75) is 45.9 Å². The molecule has 0 bridgehead atoms. The molecule has 0 fully saturated rings. The van der Waals surface area contributed by atoms with Gasteiger partial charge in [-0.25, -0.2) is 9.79 Å². The number of aliphatic imine (C=N–C) groups is 1. The van der Waals surface area contributed by atoms with E-state index >= 15 is 0 Å². The highest BCUT2D eigenvalue weighted by molar-refractivity contribution is 5.79. The number of guanidine groups is 1. The third kappa shape index (κ3) is 7.85. The van der Waals surface area contributed by atoms with Gasteiger partial charge in [-0.3, -0.25) is 4.68 Å². The number of carbonyl (C=O) groups excluding carboxylic acids is 1. The summed E-state index contributed by atoms with van der Waals surface area (Å²) in [6.45, 7) is 9.23. The molecule has 3 N–H and O–H groups in total. The van der Waals surface area contributed by atoms with E-state index in [1.165, 1.54) is 0 Å². The van der Waals surface area contributed by atoms with Crippen LogP contribution in [0.1, 0.15) is 45.0 Å². The lowest BCUT2D eigenvalue weighted by Gasteiger charge is -2.24. The lowest BCUT2D eigenvalue weighted by molar-refractivity contribution is 0.0504. The van der Waals surface area contributed by atoms with Crippen LogP contribution < -0.4 is 16.0 Å². The maximum atomic E-state index is 12.3. The van der Waals surface area contributed by atoms with Crippen LogP contribution in [0.15, 0.2) is 47.6 Å². The number of aryl methyl sites for hydroxylation is 1. The quantitative estimate of drug-likeness (QED) is 0.491. The number of rotatable bonds is 7. The molecule has 8 nitrogen and oxygen atoms in total. The van der Waals surface area contributed by atoms with Crippen molar-refractivity contribution in [3.05, 3.63) is 53.9 Å². The van der Waals surface area contributed by atoms with Crippen LogP contribution in [0.5, 0.6) is 0 Å². The van der Waals surface area contributed by atoms with Gasteiger partial charge in [-0.1, -0.05) is 30.3 Å². The molecule has 1 amide bonds. The van der Waals surface area contributed by atoms with Crippen LogP contribution >= 0.6 is 0 Å². The van der Waals surface area contributed by atoms with Crippen molar-refractivity contribution in [2.75, 3.05) is 13.1 Å². The summed E-state index contributed by atoms with van der Waals surface area (Å²) in [6, 6.07) is 11.4. The Bertz CT molecular complexity index is 795. The largest absolute Gasteiger partial charge is 0.444 e. The Labute approximate surface area is 172 Å². The number of benzene rings is 1. The molecule has 0 aliphatic heterocycles. The van der Waals surface area contributed by atoms with Gasteiger partial charge >= 0.3 is 6.09 Å². The summed E-state index contributed by atoms with van der Waals surface area (Å²) in [5.74, 6) is 0.667. The van der Waals surface area contributed by atoms with Gasteiger partial charge in [0.1, 0.15) is 5.60 Å². The molecule has 29 heavy (non-hydrogen) atoms. The SMILES string of the molecule is CCNC(=NCc1ccnn1C)NCC(NC(=O)OC(C)(C)C)c1ccccc1. The van der Waals surface area contributed by atoms with E-state index in [0.29, 0.717) is 19.0 Å². The van der Waals surface area contributed by atoms with Crippen LogP contribution in [0.25, 0.3) is 0 Å². The van der Waals surface area contributed by atoms with Crippen molar-refractivity contribution >= 4 is 12.1 Å². The summed E-state index contributed by atoms with van der Waals surface area (Å²) < 4.78 is 7.22. The Morgan fingerprint density at radius 2 is 1.93 bits per heavy atom. The molecule has 0 aliphatic carbocycles. The Balaban J connectivity index is 2.07. The first-order chi connectivity index (χ1) is 13.8. The van der Waals surface area contributed by atoms with Crippen molar-refractivity contribution in [2.24, 2.45) is 12.0 Å². The van der Waals surface area contributed by atoms with Gasteiger partial charge in [-0.2, -0.15) is 5.10 Å². The molecule has 2 rings (SSSR count). The third-order valence-corrected chi connectivity index (χ3v) is 4.03. The van der Waals surface area contributed by atoms with Crippen molar-refractivity contribution in [3.8, 4) is 0 Å². The van der Waals surface area contributed by atoms with Crippen LogP contribution in [0.3, 0.4) is 0 Å². The molecule has 8 heteroatoms. The first-order valence-corrected chi connectivity index (χ1v) is 9.82. The zero-order valence-corrected chi connectivity index (χ0v) is 17.9. The molecule has 1 unspecified atom stereocenters. The number of nitrogens with one attached hydrogen (secondary N) is 3. The number of carbonyl (C=O) groups is 1. The normalized spacial score (nSPS) is 12.9. The number of hydrogen-bond acceptors (Lipinski definition) is 4. The summed E-state index contributed by atoms with van der Waals surface area (Å²) in [5.41, 5.74) is 1.43. The number of ether oxygens (including phenoxy) is 1. The second-order valence-electron chi connectivity index (χ2n) is 7.63. The van der Waals surface area contributed by atoms with Gasteiger partial charge in [0.05, 0.1) is 18.3 Å². The van der Waals surface area contributed by atoms with E-state index in [1.807, 2.05) is 71.1 Å². The number of alkyl carbamates (subject to hydrolysis) is 1. The Morgan fingerprint density at radius 1 is 1.21 bits per heavy atom. The fraction of sp³-hybridized carbons (Fsp3) is 0.476. The number of aromatic nitrogens is 2. The first kappa shape index (κ1) is 22.3. The first-order valence-electron chi connectivity index (χ1n) is 9.82. The van der Waals surface area contributed by atoms with E-state index in [-0.39, 0.29) is 6.04 Å². The van der Waals surface area contributed by atoms with E-state index in [4.69, 9.17) is 4.74 Å². The average Bonchev–Trinajstić information content (AvgIpc) is 3.07. The Hall–Kier alpha value is -3.03. The van der Waals surface area contributed by atoms with Gasteiger partial charge in [-0.05, 0) is 39.3 Å². The van der Waals surface area contributed by atoms with Crippen molar-refractivity contribution in [1.29, 1.82) is 0 Å². The molecule has 2 aromatic rings. The minimum atomic E-state index is -0.557. The van der Waals surface area contributed by atoms with Gasteiger partial charge < -0.3 is 20.7 Å². The molecule has 0 spiro atoms. The monoisotopic (exact) mass is 400 g/mol. The fourth-order valence-electron chi connectivity index (χ4n) is 2.64. The molecule has 0 saturated carbocycles. The maximum Gasteiger partial charge on any atom is 0.408 e. The molecule has 1 aromatic heterocycles. The van der Waals surface area contributed by atoms with Gasteiger partial charge in [0.15, 0.2) is 5.96 Å². The summed E-state index contributed by atoms with van der Waals surface area (Å²) in [5, 5.41) is 13.6. The highest BCUT2D eigenvalue weighted by Crippen LogP contribution is 2.14. The molecule has 1 aromatic carbocycles. The van der Waals surface area contributed by atoms with E-state index in [2.05, 4.69) is 26.0 Å². The van der Waals surface area contributed by atoms with Crippen molar-refractivity contribution in [1.82, 2.24) is 25.7 Å². The zero-order chi connectivity index (χ0) is 21.3. The van der Waals surface area contributed by atoms with Crippen LogP contribution in [0, 0.1) is 0 Å². The van der Waals surface area contributed by atoms with Crippen molar-refractivity contribution < 1.29 is 9.53 Å². The summed E-state index contributed by atoms with van der Waals surface area (Å²) in [4.78, 5) is 16.9. The molecule has 0 saturated heterocycles. The van der Waals surface area contributed by atoms with Crippen molar-refractivity contribution in [3.63, 3.8) is 0 Å². The average molecular weight is 401 g/mol. The minimum absolute atomic E-state index is 0.272. The number of amides is 1. The third-order valence-electron chi connectivity index (χ3n) is 4.03. The van der Waals surface area contributed by atoms with Crippen LogP contribution in [-0.2, 0) is 18.3 Å². The van der Waals surface area contributed by atoms with Gasteiger partial charge in [0.2, 0.25) is 0 Å². The molecule has 0 aliphatic rings. The summed E-state index contributed by atoms with van der Waals surface area (Å²) in [6.07, 6.45) is 1.30. The van der Waals surface area contributed by atoms with E-state index in [0.717, 1.165) is 17.8 Å². The Kier molecular flexibility index (Phi) is 8.06. The fourth-order valence-corrected chi connectivity index (χ4v) is 2.64. The summed E-state index contributed by atoms with van der Waals surface area (Å²) >= 11 is 0. The summed E-state index contributed by atoms with van der Waals surface area (Å²) in [7, 11) is 1.89. The molecule has 1 atom stereocenters. The van der Waals surface area contributed by atoms with Gasteiger partial charge in [0, 0.05) is 26.3 Å². The zero-order valence-electron chi connectivity index (χ0n) is 17.9. The molecular formula is C21H32N6O2. The number of hydrogen-bond donors (Lipinski definition) is 3. The maximum absolute atomic E-state index is 12.3. The minimum Gasteiger partial charge on any atom is -0.444 e. The lowest BCUT2D eigenvalue weighted by atomic mass is 10.1. The second-order valence-corrected chi connectivity index (χ2v) is 7.63. The molecular weight excluding hydrogens is 368 g/mol. The van der Waals surface area contributed by atoms with Crippen LogP contribution in [0.2, 0.25) is 0 Å². The van der Waals surface area contributed by atoms with Crippen LogP contribution in [-0.4, -0.2) is 40.5 Å². The van der Waals surface area contributed by atoms with Crippen LogP contribution in [0.4, 0.5) is 4.79 Å². The molecule has 158 valence electrons. The standard InChI is InChI=1S/C21H32N6O2/c1-6-22-19(23-14-17-12-13-25-27(17)5)24-15-18(16-10-8-7-9-11-16)26-20(28)29-21(2,3)4/h7-13,18H,6,14-15H2,1-5H3,(H,26,28)(H2,22,23,24). The second kappa shape index (κ2) is 10.5. The van der Waals surface area contributed by atoms with E-state index < -0.39 is 11.7 Å². The predicted octanol–water partition coefficient (Wildman–Crippen LogP) is 2.74. The smallest absolute Gasteiger partial charge is 0.408 e. The van der Waals surface area contributed by atoms with Gasteiger partial charge in [0.25, 0.3) is 0 Å². The van der Waals surface area contributed by atoms with E-state index in [1.54, 1.807) is 10.9 Å². The molecule has 1 heterocycles. The molecule has 0 radical (unpaired) electrons. The predicted molar refractivity (Wildman–Crippen MR) is 115 cm³/mol. The van der Waals surface area contributed by atoms with E-state index in [9.17, 15) is 4.79 Å². The van der Waals surface area contributed by atoms with Gasteiger partial charge in [-0.15, -0.1) is 0 Å².